The van der Waals surface area contributed by atoms with E-state index in [2.05, 4.69) is 6.92 Å². The number of nitrogens with two attached hydrogens (primary N) is 1. The number of rotatable bonds is 2. The molecule has 1 heterocycles. The van der Waals surface area contributed by atoms with E-state index in [1.54, 1.807) is 18.2 Å². The van der Waals surface area contributed by atoms with Crippen LogP contribution in [0.4, 0.5) is 5.69 Å². The van der Waals surface area contributed by atoms with Gasteiger partial charge in [-0.2, -0.15) is 0 Å². The average molecular weight is 253 g/mol. The summed E-state index contributed by atoms with van der Waals surface area (Å²) < 4.78 is 0. The first-order chi connectivity index (χ1) is 8.13. The maximum Gasteiger partial charge on any atom is 0.256 e. The fourth-order valence-electron chi connectivity index (χ4n) is 2.40. The minimum absolute atomic E-state index is 0.00866. The first-order valence-electron chi connectivity index (χ1n) is 5.99. The lowest BCUT2D eigenvalue weighted by Gasteiger charge is -2.24. The molecule has 2 N–H and O–H groups in total. The highest BCUT2D eigenvalue weighted by Crippen LogP contribution is 2.25. The number of nitrogens with zero attached hydrogens (tertiary/aromatic N) is 1. The van der Waals surface area contributed by atoms with Gasteiger partial charge in [0.2, 0.25) is 0 Å². The van der Waals surface area contributed by atoms with Crippen molar-refractivity contribution < 1.29 is 4.79 Å². The lowest BCUT2D eigenvalue weighted by molar-refractivity contribution is 0.0735. The van der Waals surface area contributed by atoms with E-state index in [-0.39, 0.29) is 5.91 Å². The maximum atomic E-state index is 12.4. The Morgan fingerprint density at radius 2 is 2.35 bits per heavy atom. The van der Waals surface area contributed by atoms with Gasteiger partial charge in [0.1, 0.15) is 0 Å². The highest BCUT2D eigenvalue weighted by molar-refractivity contribution is 6.31. The molecule has 17 heavy (non-hydrogen) atoms. The van der Waals surface area contributed by atoms with Crippen molar-refractivity contribution >= 4 is 23.2 Å². The molecule has 2 rings (SSSR count). The minimum Gasteiger partial charge on any atom is -0.398 e. The van der Waals surface area contributed by atoms with Crippen LogP contribution in [0, 0.1) is 0 Å². The van der Waals surface area contributed by atoms with Crippen LogP contribution in [0.5, 0.6) is 0 Å². The average Bonchev–Trinajstić information content (AvgIpc) is 2.79. The maximum absolute atomic E-state index is 12.4. The molecule has 1 aromatic carbocycles. The summed E-state index contributed by atoms with van der Waals surface area (Å²) in [6.45, 7) is 2.93. The molecule has 1 aliphatic heterocycles. The standard InChI is InChI=1S/C13H17ClN2O/c1-2-10-4-3-7-16(10)13(17)11-8-9(14)5-6-12(11)15/h5-6,8,10H,2-4,7,15H2,1H3. The minimum atomic E-state index is 0.00866. The van der Waals surface area contributed by atoms with Gasteiger partial charge >= 0.3 is 0 Å². The smallest absolute Gasteiger partial charge is 0.256 e. The predicted octanol–water partition coefficient (Wildman–Crippen LogP) is 2.94. The third kappa shape index (κ3) is 2.39. The summed E-state index contributed by atoms with van der Waals surface area (Å²) in [5, 5.41) is 0.551. The summed E-state index contributed by atoms with van der Waals surface area (Å²) in [6, 6.07) is 5.40. The van der Waals surface area contributed by atoms with Crippen molar-refractivity contribution in [1.29, 1.82) is 0 Å². The van der Waals surface area contributed by atoms with E-state index in [9.17, 15) is 4.79 Å². The van der Waals surface area contributed by atoms with Crippen LogP contribution in [0.25, 0.3) is 0 Å². The normalized spacial score (nSPS) is 19.6. The molecule has 4 heteroatoms. The summed E-state index contributed by atoms with van der Waals surface area (Å²) >= 11 is 5.91. The van der Waals surface area contributed by atoms with Gasteiger partial charge in [0.25, 0.3) is 5.91 Å². The third-order valence-electron chi connectivity index (χ3n) is 3.35. The SMILES string of the molecule is CCC1CCCN1C(=O)c1cc(Cl)ccc1N. The van der Waals surface area contributed by atoms with Crippen LogP contribution in [0.2, 0.25) is 5.02 Å². The molecule has 92 valence electrons. The molecule has 0 aliphatic carbocycles. The second-order valence-corrected chi connectivity index (χ2v) is 4.87. The molecule has 1 unspecified atom stereocenters. The van der Waals surface area contributed by atoms with E-state index in [0.717, 1.165) is 25.8 Å². The number of carbonyl (C=O) groups excluding carboxylic acids is 1. The zero-order valence-corrected chi connectivity index (χ0v) is 10.7. The van der Waals surface area contributed by atoms with Crippen molar-refractivity contribution in [1.82, 2.24) is 4.90 Å². The number of carbonyl (C=O) groups is 1. The molecule has 1 aromatic rings. The zero-order valence-electron chi connectivity index (χ0n) is 9.95. The zero-order chi connectivity index (χ0) is 12.4. The van der Waals surface area contributed by atoms with Crippen molar-refractivity contribution in [3.8, 4) is 0 Å². The van der Waals surface area contributed by atoms with Crippen LogP contribution in [0.3, 0.4) is 0 Å². The highest BCUT2D eigenvalue weighted by Gasteiger charge is 2.28. The monoisotopic (exact) mass is 252 g/mol. The topological polar surface area (TPSA) is 46.3 Å². The summed E-state index contributed by atoms with van der Waals surface area (Å²) in [5.74, 6) is 0.00866. The Morgan fingerprint density at radius 3 is 3.06 bits per heavy atom. The lowest BCUT2D eigenvalue weighted by Crippen LogP contribution is -2.35. The molecule has 3 nitrogen and oxygen atoms in total. The molecule has 0 saturated carbocycles. The second kappa shape index (κ2) is 4.96. The van der Waals surface area contributed by atoms with E-state index >= 15 is 0 Å². The first-order valence-corrected chi connectivity index (χ1v) is 6.37. The van der Waals surface area contributed by atoms with Gasteiger partial charge in [-0.05, 0) is 37.5 Å². The van der Waals surface area contributed by atoms with Crippen molar-refractivity contribution in [3.05, 3.63) is 28.8 Å². The number of hydrogen-bond acceptors (Lipinski definition) is 2. The summed E-state index contributed by atoms with van der Waals surface area (Å²) in [7, 11) is 0. The van der Waals surface area contributed by atoms with Crippen LogP contribution in [-0.4, -0.2) is 23.4 Å². The number of likely N-dealkylation sites (tertiary alicyclic amines) is 1. The Bertz CT molecular complexity index is 433. The molecule has 1 aliphatic rings. The van der Waals surface area contributed by atoms with E-state index in [4.69, 9.17) is 17.3 Å². The number of benzene rings is 1. The van der Waals surface area contributed by atoms with Crippen LogP contribution >= 0.6 is 11.6 Å². The van der Waals surface area contributed by atoms with Crippen molar-refractivity contribution in [2.24, 2.45) is 0 Å². The molecule has 0 spiro atoms. The van der Waals surface area contributed by atoms with Gasteiger partial charge in [0.15, 0.2) is 0 Å². The third-order valence-corrected chi connectivity index (χ3v) is 3.59. The molecule has 1 saturated heterocycles. The fourth-order valence-corrected chi connectivity index (χ4v) is 2.57. The van der Waals surface area contributed by atoms with Gasteiger partial charge in [0.05, 0.1) is 5.56 Å². The van der Waals surface area contributed by atoms with E-state index in [0.29, 0.717) is 22.3 Å². The summed E-state index contributed by atoms with van der Waals surface area (Å²) in [4.78, 5) is 14.3. The molecular formula is C13H17ClN2O. The quantitative estimate of drug-likeness (QED) is 0.823. The lowest BCUT2D eigenvalue weighted by atomic mass is 10.1. The molecule has 1 fully saturated rings. The Labute approximate surface area is 107 Å². The van der Waals surface area contributed by atoms with Crippen LogP contribution < -0.4 is 5.73 Å². The molecule has 0 aromatic heterocycles. The van der Waals surface area contributed by atoms with Crippen LogP contribution in [-0.2, 0) is 0 Å². The number of amides is 1. The van der Waals surface area contributed by atoms with Gasteiger partial charge in [0, 0.05) is 23.3 Å². The van der Waals surface area contributed by atoms with Gasteiger partial charge < -0.3 is 10.6 Å². The van der Waals surface area contributed by atoms with Gasteiger partial charge in [-0.15, -0.1) is 0 Å². The fraction of sp³-hybridized carbons (Fsp3) is 0.462. The van der Waals surface area contributed by atoms with E-state index in [1.165, 1.54) is 0 Å². The van der Waals surface area contributed by atoms with Gasteiger partial charge in [-0.3, -0.25) is 4.79 Å². The van der Waals surface area contributed by atoms with Crippen LogP contribution in [0.1, 0.15) is 36.5 Å². The molecule has 0 radical (unpaired) electrons. The largest absolute Gasteiger partial charge is 0.398 e. The molecule has 0 bridgehead atoms. The Morgan fingerprint density at radius 1 is 1.59 bits per heavy atom. The molecule has 1 amide bonds. The van der Waals surface area contributed by atoms with Crippen molar-refractivity contribution in [2.45, 2.75) is 32.2 Å². The number of hydrogen-bond donors (Lipinski definition) is 1. The molecule has 1 atom stereocenters. The number of anilines is 1. The number of halogens is 1. The second-order valence-electron chi connectivity index (χ2n) is 4.43. The van der Waals surface area contributed by atoms with Gasteiger partial charge in [-0.25, -0.2) is 0 Å². The summed E-state index contributed by atoms with van der Waals surface area (Å²) in [6.07, 6.45) is 3.15. The Hall–Kier alpha value is -1.22. The van der Waals surface area contributed by atoms with E-state index in [1.807, 2.05) is 4.90 Å². The number of nitrogen functional groups attached to an aromatic ring is 1. The summed E-state index contributed by atoms with van der Waals surface area (Å²) in [5.41, 5.74) is 6.87. The first kappa shape index (κ1) is 12.2. The van der Waals surface area contributed by atoms with E-state index < -0.39 is 0 Å². The van der Waals surface area contributed by atoms with Crippen molar-refractivity contribution in [2.75, 3.05) is 12.3 Å². The molecular weight excluding hydrogens is 236 g/mol. The Kier molecular flexibility index (Phi) is 3.57. The van der Waals surface area contributed by atoms with Crippen molar-refractivity contribution in [3.63, 3.8) is 0 Å². The van der Waals surface area contributed by atoms with Crippen LogP contribution in [0.15, 0.2) is 18.2 Å². The predicted molar refractivity (Wildman–Crippen MR) is 70.2 cm³/mol. The highest BCUT2D eigenvalue weighted by atomic mass is 35.5. The Balaban J connectivity index is 2.27. The van der Waals surface area contributed by atoms with Gasteiger partial charge in [-0.1, -0.05) is 18.5 Å².